The van der Waals surface area contributed by atoms with Crippen molar-refractivity contribution in [2.45, 2.75) is 31.9 Å². The normalized spacial score (nSPS) is 18.0. The fourth-order valence-corrected chi connectivity index (χ4v) is 3.00. The number of hydrogen-bond acceptors (Lipinski definition) is 3. The van der Waals surface area contributed by atoms with Crippen LogP contribution < -0.4 is 10.1 Å². The molecular weight excluding hydrogens is 325 g/mol. The number of fused-ring (bicyclic) bond motifs is 1. The van der Waals surface area contributed by atoms with Gasteiger partial charge in [-0.05, 0) is 38.1 Å². The number of halogens is 1. The molecule has 0 fully saturated rings. The summed E-state index contributed by atoms with van der Waals surface area (Å²) in [4.78, 5) is 23.4. The Morgan fingerprint density at radius 1 is 1.24 bits per heavy atom. The molecule has 1 amide bonds. The SMILES string of the molecule is CC1(C)CC(NC(=O)c2ccc(C(=O)O)cc2F)c2ccccc2O1. The molecule has 1 heterocycles. The molecule has 0 aliphatic carbocycles. The van der Waals surface area contributed by atoms with Crippen LogP contribution in [0.4, 0.5) is 4.39 Å². The van der Waals surface area contributed by atoms with E-state index >= 15 is 0 Å². The van der Waals surface area contributed by atoms with Gasteiger partial charge < -0.3 is 15.2 Å². The van der Waals surface area contributed by atoms with E-state index in [1.54, 1.807) is 0 Å². The van der Waals surface area contributed by atoms with Crippen molar-refractivity contribution in [3.05, 3.63) is 65.0 Å². The summed E-state index contributed by atoms with van der Waals surface area (Å²) in [5.41, 5.74) is -0.0334. The highest BCUT2D eigenvalue weighted by Gasteiger charge is 2.34. The van der Waals surface area contributed by atoms with Crippen molar-refractivity contribution >= 4 is 11.9 Å². The van der Waals surface area contributed by atoms with Gasteiger partial charge in [0.25, 0.3) is 5.91 Å². The zero-order valence-corrected chi connectivity index (χ0v) is 13.9. The summed E-state index contributed by atoms with van der Waals surface area (Å²) in [6.07, 6.45) is 0.532. The number of para-hydroxylation sites is 1. The predicted octanol–water partition coefficient (Wildman–Crippen LogP) is 3.56. The molecule has 1 aliphatic heterocycles. The lowest BCUT2D eigenvalue weighted by molar-refractivity contribution is 0.0616. The summed E-state index contributed by atoms with van der Waals surface area (Å²) in [5, 5.41) is 11.7. The van der Waals surface area contributed by atoms with E-state index in [0.29, 0.717) is 12.2 Å². The fraction of sp³-hybridized carbons (Fsp3) is 0.263. The molecule has 0 radical (unpaired) electrons. The Morgan fingerprint density at radius 3 is 2.64 bits per heavy atom. The highest BCUT2D eigenvalue weighted by molar-refractivity contribution is 5.96. The van der Waals surface area contributed by atoms with Gasteiger partial charge in [-0.3, -0.25) is 4.79 Å². The van der Waals surface area contributed by atoms with Crippen LogP contribution in [0, 0.1) is 5.82 Å². The van der Waals surface area contributed by atoms with E-state index in [-0.39, 0.29) is 17.2 Å². The maximum atomic E-state index is 14.1. The van der Waals surface area contributed by atoms with Gasteiger partial charge in [-0.15, -0.1) is 0 Å². The number of ether oxygens (including phenoxy) is 1. The molecule has 2 aromatic rings. The number of hydrogen-bond donors (Lipinski definition) is 2. The van der Waals surface area contributed by atoms with Crippen LogP contribution in [0.25, 0.3) is 0 Å². The third kappa shape index (κ3) is 3.47. The average molecular weight is 343 g/mol. The molecule has 2 aromatic carbocycles. The number of amides is 1. The number of carboxylic acids is 1. The zero-order chi connectivity index (χ0) is 18.2. The van der Waals surface area contributed by atoms with Crippen molar-refractivity contribution in [2.24, 2.45) is 0 Å². The first-order chi connectivity index (χ1) is 11.8. The lowest BCUT2D eigenvalue weighted by Crippen LogP contribution is -2.41. The molecule has 0 saturated heterocycles. The van der Waals surface area contributed by atoms with Crippen LogP contribution in [0.3, 0.4) is 0 Å². The van der Waals surface area contributed by atoms with Gasteiger partial charge in [-0.1, -0.05) is 18.2 Å². The van der Waals surface area contributed by atoms with E-state index < -0.39 is 23.3 Å². The van der Waals surface area contributed by atoms with Crippen molar-refractivity contribution < 1.29 is 23.8 Å². The monoisotopic (exact) mass is 343 g/mol. The number of carbonyl (C=O) groups excluding carboxylic acids is 1. The summed E-state index contributed by atoms with van der Waals surface area (Å²) in [7, 11) is 0. The van der Waals surface area contributed by atoms with Crippen LogP contribution >= 0.6 is 0 Å². The lowest BCUT2D eigenvalue weighted by Gasteiger charge is -2.37. The van der Waals surface area contributed by atoms with E-state index in [0.717, 1.165) is 11.6 Å². The highest BCUT2D eigenvalue weighted by Crippen LogP contribution is 2.39. The summed E-state index contributed by atoms with van der Waals surface area (Å²) in [5.74, 6) is -2.01. The number of rotatable bonds is 3. The maximum Gasteiger partial charge on any atom is 0.335 e. The zero-order valence-electron chi connectivity index (χ0n) is 13.9. The smallest absolute Gasteiger partial charge is 0.335 e. The number of aromatic carboxylic acids is 1. The third-order valence-corrected chi connectivity index (χ3v) is 4.14. The van der Waals surface area contributed by atoms with Crippen molar-refractivity contribution in [1.82, 2.24) is 5.32 Å². The Hall–Kier alpha value is -2.89. The first-order valence-corrected chi connectivity index (χ1v) is 7.88. The molecule has 1 unspecified atom stereocenters. The van der Waals surface area contributed by atoms with E-state index in [2.05, 4.69) is 5.32 Å². The number of carboxylic acid groups (broad SMARTS) is 1. The summed E-state index contributed by atoms with van der Waals surface area (Å²) < 4.78 is 20.0. The van der Waals surface area contributed by atoms with E-state index in [1.165, 1.54) is 12.1 Å². The Bertz CT molecular complexity index is 847. The second-order valence-electron chi connectivity index (χ2n) is 6.63. The molecule has 0 saturated carbocycles. The van der Waals surface area contributed by atoms with Gasteiger partial charge in [0, 0.05) is 12.0 Å². The summed E-state index contributed by atoms with van der Waals surface area (Å²) in [6, 6.07) is 10.3. The fourth-order valence-electron chi connectivity index (χ4n) is 3.00. The minimum Gasteiger partial charge on any atom is -0.487 e. The third-order valence-electron chi connectivity index (χ3n) is 4.14. The topological polar surface area (TPSA) is 75.6 Å². The molecule has 0 bridgehead atoms. The second-order valence-corrected chi connectivity index (χ2v) is 6.63. The number of nitrogens with one attached hydrogen (secondary N) is 1. The molecule has 0 spiro atoms. The maximum absolute atomic E-state index is 14.1. The minimum atomic E-state index is -1.24. The van der Waals surface area contributed by atoms with Crippen LogP contribution in [0.5, 0.6) is 5.75 Å². The minimum absolute atomic E-state index is 0.188. The number of carbonyl (C=O) groups is 2. The molecule has 0 aromatic heterocycles. The largest absolute Gasteiger partial charge is 0.487 e. The van der Waals surface area contributed by atoms with Crippen LogP contribution in [-0.4, -0.2) is 22.6 Å². The van der Waals surface area contributed by atoms with Crippen LogP contribution in [0.15, 0.2) is 42.5 Å². The van der Waals surface area contributed by atoms with E-state index in [9.17, 15) is 14.0 Å². The van der Waals surface area contributed by atoms with Crippen molar-refractivity contribution in [2.75, 3.05) is 0 Å². The Balaban J connectivity index is 1.87. The van der Waals surface area contributed by atoms with E-state index in [4.69, 9.17) is 9.84 Å². The van der Waals surface area contributed by atoms with Gasteiger partial charge in [0.2, 0.25) is 0 Å². The first kappa shape index (κ1) is 17.0. The molecule has 1 aliphatic rings. The van der Waals surface area contributed by atoms with Gasteiger partial charge in [0.05, 0.1) is 17.2 Å². The standard InChI is InChI=1S/C19H18FNO4/c1-19(2)10-15(13-5-3-4-6-16(13)25-19)21-17(22)12-8-7-11(18(23)24)9-14(12)20/h3-9,15H,10H2,1-2H3,(H,21,22)(H,23,24). The van der Waals surface area contributed by atoms with Gasteiger partial charge in [-0.2, -0.15) is 0 Å². The average Bonchev–Trinajstić information content (AvgIpc) is 2.53. The van der Waals surface area contributed by atoms with Crippen LogP contribution in [0.2, 0.25) is 0 Å². The molecule has 6 heteroatoms. The molecule has 3 rings (SSSR count). The van der Waals surface area contributed by atoms with Gasteiger partial charge in [0.15, 0.2) is 0 Å². The Kier molecular flexibility index (Phi) is 4.20. The van der Waals surface area contributed by atoms with Crippen molar-refractivity contribution in [3.63, 3.8) is 0 Å². The van der Waals surface area contributed by atoms with Crippen LogP contribution in [0.1, 0.15) is 52.6 Å². The predicted molar refractivity (Wildman–Crippen MR) is 89.3 cm³/mol. The number of benzene rings is 2. The Labute approximate surface area is 144 Å². The highest BCUT2D eigenvalue weighted by atomic mass is 19.1. The van der Waals surface area contributed by atoms with Crippen molar-refractivity contribution in [3.8, 4) is 5.75 Å². The first-order valence-electron chi connectivity index (χ1n) is 7.88. The Morgan fingerprint density at radius 2 is 1.96 bits per heavy atom. The van der Waals surface area contributed by atoms with Crippen molar-refractivity contribution in [1.29, 1.82) is 0 Å². The van der Waals surface area contributed by atoms with Gasteiger partial charge in [-0.25, -0.2) is 9.18 Å². The summed E-state index contributed by atoms with van der Waals surface area (Å²) >= 11 is 0. The molecule has 2 N–H and O–H groups in total. The quantitative estimate of drug-likeness (QED) is 0.893. The molecule has 130 valence electrons. The van der Waals surface area contributed by atoms with Crippen LogP contribution in [-0.2, 0) is 0 Å². The van der Waals surface area contributed by atoms with E-state index in [1.807, 2.05) is 38.1 Å². The van der Waals surface area contributed by atoms with Gasteiger partial charge in [0.1, 0.15) is 17.2 Å². The summed E-state index contributed by atoms with van der Waals surface area (Å²) in [6.45, 7) is 3.84. The molecular formula is C19H18FNO4. The lowest BCUT2D eigenvalue weighted by atomic mass is 9.89. The second kappa shape index (κ2) is 6.20. The molecule has 5 nitrogen and oxygen atoms in total. The molecule has 1 atom stereocenters. The molecule has 25 heavy (non-hydrogen) atoms. The van der Waals surface area contributed by atoms with Gasteiger partial charge >= 0.3 is 5.97 Å².